The van der Waals surface area contributed by atoms with Gasteiger partial charge in [-0.15, -0.1) is 11.3 Å². The fourth-order valence-corrected chi connectivity index (χ4v) is 4.73. The predicted octanol–water partition coefficient (Wildman–Crippen LogP) is 2.27. The molecule has 1 fully saturated rings. The maximum atomic E-state index is 11.5. The van der Waals surface area contributed by atoms with Gasteiger partial charge in [0, 0.05) is 16.2 Å². The van der Waals surface area contributed by atoms with E-state index in [1.165, 1.54) is 24.1 Å². The minimum atomic E-state index is -0.467. The van der Waals surface area contributed by atoms with E-state index >= 15 is 0 Å². The Labute approximate surface area is 175 Å². The zero-order valence-corrected chi connectivity index (χ0v) is 17.4. The average molecular weight is 423 g/mol. The number of rotatable bonds is 3. The molecule has 0 unspecified atom stereocenters. The molecule has 30 heavy (non-hydrogen) atoms. The molecule has 1 aliphatic rings. The summed E-state index contributed by atoms with van der Waals surface area (Å²) in [4.78, 5) is 28.5. The van der Waals surface area contributed by atoms with Gasteiger partial charge in [-0.25, -0.2) is 9.78 Å². The molecule has 154 valence electrons. The van der Waals surface area contributed by atoms with Crippen LogP contribution in [0, 0.1) is 6.92 Å². The number of hydrogen-bond donors (Lipinski definition) is 3. The van der Waals surface area contributed by atoms with Crippen LogP contribution < -0.4 is 16.4 Å². The number of fused-ring (bicyclic) bond motifs is 1. The third kappa shape index (κ3) is 3.56. The molecule has 4 heterocycles. The Hall–Kier alpha value is -3.20. The summed E-state index contributed by atoms with van der Waals surface area (Å²) in [5.41, 5.74) is 2.08. The molecule has 0 bridgehead atoms. The number of thiophene rings is 1. The summed E-state index contributed by atoms with van der Waals surface area (Å²) in [6, 6.07) is 6.44. The van der Waals surface area contributed by atoms with E-state index in [0.717, 1.165) is 28.9 Å². The summed E-state index contributed by atoms with van der Waals surface area (Å²) in [6.45, 7) is 2.07. The van der Waals surface area contributed by atoms with E-state index in [9.17, 15) is 9.90 Å². The predicted molar refractivity (Wildman–Crippen MR) is 115 cm³/mol. The molecule has 3 N–H and O–H groups in total. The van der Waals surface area contributed by atoms with Crippen LogP contribution in [0.5, 0.6) is 5.88 Å². The van der Waals surface area contributed by atoms with E-state index in [1.54, 1.807) is 28.1 Å². The van der Waals surface area contributed by atoms with Crippen molar-refractivity contribution < 1.29 is 5.11 Å². The first kappa shape index (κ1) is 18.8. The van der Waals surface area contributed by atoms with E-state index < -0.39 is 5.69 Å². The highest BCUT2D eigenvalue weighted by Crippen LogP contribution is 2.25. The van der Waals surface area contributed by atoms with Gasteiger partial charge in [0.15, 0.2) is 11.1 Å². The lowest BCUT2D eigenvalue weighted by atomic mass is 9.96. The molecule has 1 aliphatic carbocycles. The number of nitrogens with one attached hydrogen (secondary N) is 2. The maximum absolute atomic E-state index is 11.5. The number of H-pyrrole nitrogens is 2. The second kappa shape index (κ2) is 7.56. The van der Waals surface area contributed by atoms with E-state index in [2.05, 4.69) is 34.1 Å². The minimum absolute atomic E-state index is 0.212. The van der Waals surface area contributed by atoms with Crippen molar-refractivity contribution >= 4 is 23.1 Å². The summed E-state index contributed by atoms with van der Waals surface area (Å²) < 4.78 is 1.74. The summed E-state index contributed by atoms with van der Waals surface area (Å²) >= 11 is 1.69. The van der Waals surface area contributed by atoms with E-state index in [1.807, 2.05) is 6.07 Å². The van der Waals surface area contributed by atoms with Crippen molar-refractivity contribution in [1.29, 1.82) is 0 Å². The third-order valence-electron chi connectivity index (χ3n) is 5.40. The zero-order chi connectivity index (χ0) is 20.7. The summed E-state index contributed by atoms with van der Waals surface area (Å²) in [5.74, 6) is -0.212. The van der Waals surface area contributed by atoms with Gasteiger partial charge in [0.05, 0.1) is 22.8 Å². The fraction of sp³-hybridized carbons (Fsp3) is 0.333. The topological polar surface area (TPSA) is 111 Å². The summed E-state index contributed by atoms with van der Waals surface area (Å²) in [5, 5.41) is 15.1. The highest BCUT2D eigenvalue weighted by atomic mass is 32.1. The first-order valence-electron chi connectivity index (χ1n) is 10.1. The van der Waals surface area contributed by atoms with Crippen LogP contribution in [0.25, 0.3) is 22.3 Å². The quantitative estimate of drug-likeness (QED) is 0.470. The lowest BCUT2D eigenvalue weighted by Gasteiger charge is -2.17. The van der Waals surface area contributed by atoms with Crippen molar-refractivity contribution in [2.45, 2.75) is 45.1 Å². The smallest absolute Gasteiger partial charge is 0.326 e. The first-order chi connectivity index (χ1) is 14.6. The average Bonchev–Trinajstić information content (AvgIpc) is 3.42. The molecule has 8 nitrogen and oxygen atoms in total. The Balaban J connectivity index is 1.74. The molecule has 1 saturated carbocycles. The molecular weight excluding hydrogens is 400 g/mol. The maximum Gasteiger partial charge on any atom is 0.326 e. The van der Waals surface area contributed by atoms with E-state index in [4.69, 9.17) is 9.98 Å². The van der Waals surface area contributed by atoms with Gasteiger partial charge in [-0.05, 0) is 38.0 Å². The largest absolute Gasteiger partial charge is 0.493 e. The van der Waals surface area contributed by atoms with Gasteiger partial charge in [-0.2, -0.15) is 9.61 Å². The Morgan fingerprint density at radius 3 is 2.80 bits per heavy atom. The van der Waals surface area contributed by atoms with Crippen molar-refractivity contribution in [3.63, 3.8) is 0 Å². The Morgan fingerprint density at radius 2 is 2.10 bits per heavy atom. The molecule has 4 aromatic rings. The van der Waals surface area contributed by atoms with Gasteiger partial charge in [0.25, 0.3) is 0 Å². The molecule has 0 atom stereocenters. The molecule has 0 aliphatic heterocycles. The second-order valence-corrected chi connectivity index (χ2v) is 8.94. The van der Waals surface area contributed by atoms with Gasteiger partial charge in [-0.3, -0.25) is 9.98 Å². The molecule has 5 rings (SSSR count). The Kier molecular flexibility index (Phi) is 4.74. The van der Waals surface area contributed by atoms with Gasteiger partial charge in [-0.1, -0.05) is 19.3 Å². The van der Waals surface area contributed by atoms with Crippen LogP contribution >= 0.6 is 11.3 Å². The number of imidazole rings is 1. The highest BCUT2D eigenvalue weighted by Gasteiger charge is 2.14. The van der Waals surface area contributed by atoms with Gasteiger partial charge in [0.2, 0.25) is 5.88 Å². The lowest BCUT2D eigenvalue weighted by Crippen LogP contribution is -2.22. The highest BCUT2D eigenvalue weighted by molar-refractivity contribution is 7.15. The van der Waals surface area contributed by atoms with Crippen molar-refractivity contribution in [2.24, 2.45) is 4.99 Å². The fourth-order valence-electron chi connectivity index (χ4n) is 3.90. The summed E-state index contributed by atoms with van der Waals surface area (Å²) in [6.07, 6.45) is 9.21. The van der Waals surface area contributed by atoms with Gasteiger partial charge in [0.1, 0.15) is 5.69 Å². The second-order valence-electron chi connectivity index (χ2n) is 7.65. The Morgan fingerprint density at radius 1 is 1.27 bits per heavy atom. The number of nitrogens with zero attached hydrogens (tertiary/aromatic N) is 4. The number of aromatic amines is 2. The zero-order valence-electron chi connectivity index (χ0n) is 16.6. The third-order valence-corrected chi connectivity index (χ3v) is 6.42. The van der Waals surface area contributed by atoms with Crippen LogP contribution in [-0.2, 0) is 0 Å². The van der Waals surface area contributed by atoms with Crippen LogP contribution in [0.3, 0.4) is 0 Å². The number of aromatic nitrogens is 5. The Bertz CT molecular complexity index is 1390. The number of hydrogen-bond acceptors (Lipinski definition) is 6. The van der Waals surface area contributed by atoms with E-state index in [0.29, 0.717) is 22.6 Å². The van der Waals surface area contributed by atoms with Gasteiger partial charge >= 0.3 is 5.69 Å². The van der Waals surface area contributed by atoms with Crippen LogP contribution in [0.4, 0.5) is 0 Å². The first-order valence-corrected chi connectivity index (χ1v) is 10.9. The molecule has 0 amide bonds. The molecule has 0 spiro atoms. The number of aromatic hydroxyl groups is 1. The SMILES string of the molecule is Cc1ccc(-c2cc(=NC3CCCCC3)n3ncc(=Cc4[nH]c(=O)[nH]c4O)c3n2)s1. The van der Waals surface area contributed by atoms with Crippen molar-refractivity contribution in [3.05, 3.63) is 56.2 Å². The summed E-state index contributed by atoms with van der Waals surface area (Å²) in [7, 11) is 0. The standard InChI is InChI=1S/C21H22N6O2S/c1-12-7-8-17(30-12)15-10-18(23-14-5-3-2-4-6-14)27-19(24-15)13(11-22-27)9-16-20(28)26-21(29)25-16/h7-11,14,28H,2-6H2,1H3,(H2,25,26,29). The molecule has 0 radical (unpaired) electrons. The molecule has 4 aromatic heterocycles. The van der Waals surface area contributed by atoms with Crippen molar-refractivity contribution in [2.75, 3.05) is 0 Å². The van der Waals surface area contributed by atoms with Gasteiger partial charge < -0.3 is 10.1 Å². The number of aryl methyl sites for hydroxylation is 1. The molecular formula is C21H22N6O2S. The van der Waals surface area contributed by atoms with Crippen LogP contribution in [0.1, 0.15) is 42.7 Å². The van der Waals surface area contributed by atoms with E-state index in [-0.39, 0.29) is 5.88 Å². The van der Waals surface area contributed by atoms with Crippen molar-refractivity contribution in [3.8, 4) is 16.5 Å². The normalized spacial score (nSPS) is 16.7. The van der Waals surface area contributed by atoms with Crippen LogP contribution in [0.2, 0.25) is 0 Å². The molecule has 9 heteroatoms. The lowest BCUT2D eigenvalue weighted by molar-refractivity contribution is 0.434. The minimum Gasteiger partial charge on any atom is -0.493 e. The molecule has 0 aromatic carbocycles. The van der Waals surface area contributed by atoms with Crippen LogP contribution in [0.15, 0.2) is 34.2 Å². The molecule has 0 saturated heterocycles. The monoisotopic (exact) mass is 422 g/mol. The van der Waals surface area contributed by atoms with Crippen LogP contribution in [-0.4, -0.2) is 35.7 Å². The van der Waals surface area contributed by atoms with Crippen molar-refractivity contribution in [1.82, 2.24) is 24.6 Å².